The van der Waals surface area contributed by atoms with E-state index in [1.807, 2.05) is 58.1 Å². The number of pyridine rings is 1. The van der Waals surface area contributed by atoms with E-state index in [0.717, 1.165) is 37.2 Å². The number of hydrogen-bond donors (Lipinski definition) is 1. The van der Waals surface area contributed by atoms with Crippen LogP contribution in [0.2, 0.25) is 0 Å². The zero-order valence-electron chi connectivity index (χ0n) is 15.9. The highest BCUT2D eigenvalue weighted by Crippen LogP contribution is 2.25. The van der Waals surface area contributed by atoms with Crippen LogP contribution in [0.1, 0.15) is 26.7 Å². The third-order valence-electron chi connectivity index (χ3n) is 4.32. The Morgan fingerprint density at radius 2 is 1.96 bits per heavy atom. The fraction of sp³-hybridized carbons (Fsp3) is 0.333. The lowest BCUT2D eigenvalue weighted by Crippen LogP contribution is -2.36. The van der Waals surface area contributed by atoms with Gasteiger partial charge in [-0.1, -0.05) is 26.0 Å². The van der Waals surface area contributed by atoms with Crippen molar-refractivity contribution in [1.29, 1.82) is 0 Å². The van der Waals surface area contributed by atoms with Gasteiger partial charge in [0.1, 0.15) is 0 Å². The fourth-order valence-electron chi connectivity index (χ4n) is 3.07. The summed E-state index contributed by atoms with van der Waals surface area (Å²) in [4.78, 5) is 19.0. The number of nitrogens with two attached hydrogens (primary N) is 1. The number of ether oxygens (including phenoxy) is 1. The molecule has 1 aromatic carbocycles. The lowest BCUT2D eigenvalue weighted by Gasteiger charge is -2.21. The highest BCUT2D eigenvalue weighted by atomic mass is 16.5. The number of imidazole rings is 1. The van der Waals surface area contributed by atoms with Crippen LogP contribution < -0.4 is 10.5 Å². The molecule has 2 N–H and O–H groups in total. The lowest BCUT2D eigenvalue weighted by molar-refractivity contribution is -0.133. The number of amides is 1. The van der Waals surface area contributed by atoms with E-state index in [0.29, 0.717) is 17.1 Å². The van der Waals surface area contributed by atoms with Gasteiger partial charge in [0.15, 0.2) is 18.0 Å². The minimum Gasteiger partial charge on any atom is -0.480 e. The Morgan fingerprint density at radius 3 is 2.67 bits per heavy atom. The van der Waals surface area contributed by atoms with E-state index in [1.54, 1.807) is 0 Å². The molecule has 0 spiro atoms. The number of nitrogens with zero attached hydrogens (tertiary/aromatic N) is 3. The number of carbonyl (C=O) groups is 1. The van der Waals surface area contributed by atoms with Crippen LogP contribution in [-0.2, 0) is 4.79 Å². The second kappa shape index (κ2) is 8.58. The van der Waals surface area contributed by atoms with E-state index in [1.165, 1.54) is 0 Å². The monoisotopic (exact) mass is 366 g/mol. The fourth-order valence-corrected chi connectivity index (χ4v) is 3.07. The molecule has 0 atom stereocenters. The van der Waals surface area contributed by atoms with Gasteiger partial charge in [-0.15, -0.1) is 0 Å². The van der Waals surface area contributed by atoms with Gasteiger partial charge < -0.3 is 19.8 Å². The maximum Gasteiger partial charge on any atom is 0.260 e. The molecule has 0 aliphatic heterocycles. The topological polar surface area (TPSA) is 72.9 Å². The normalized spacial score (nSPS) is 10.9. The number of carbonyl (C=O) groups excluding carboxylic acids is 1. The summed E-state index contributed by atoms with van der Waals surface area (Å²) in [6.07, 6.45) is 5.71. The van der Waals surface area contributed by atoms with Crippen molar-refractivity contribution in [3.05, 3.63) is 48.8 Å². The predicted octanol–water partition coefficient (Wildman–Crippen LogP) is 3.61. The van der Waals surface area contributed by atoms with Gasteiger partial charge in [0.2, 0.25) is 0 Å². The van der Waals surface area contributed by atoms with Crippen LogP contribution in [0.3, 0.4) is 0 Å². The second-order valence-corrected chi connectivity index (χ2v) is 6.52. The highest BCUT2D eigenvalue weighted by Gasteiger charge is 2.14. The van der Waals surface area contributed by atoms with Gasteiger partial charge in [0.25, 0.3) is 5.91 Å². The molecule has 3 aromatic rings. The minimum atomic E-state index is 0.00307. The first kappa shape index (κ1) is 18.8. The molecule has 6 heteroatoms. The maximum atomic E-state index is 12.5. The van der Waals surface area contributed by atoms with Crippen molar-refractivity contribution in [3.8, 4) is 17.0 Å². The Labute approximate surface area is 159 Å². The number of anilines is 1. The van der Waals surface area contributed by atoms with E-state index in [4.69, 9.17) is 10.5 Å². The molecule has 0 bridgehead atoms. The molecular formula is C21H26N4O2. The Kier molecular flexibility index (Phi) is 5.96. The second-order valence-electron chi connectivity index (χ2n) is 6.52. The summed E-state index contributed by atoms with van der Waals surface area (Å²) in [5, 5.41) is 0. The van der Waals surface area contributed by atoms with Crippen molar-refractivity contribution < 1.29 is 9.53 Å². The van der Waals surface area contributed by atoms with Crippen molar-refractivity contribution in [2.24, 2.45) is 0 Å². The molecule has 2 aromatic heterocycles. The van der Waals surface area contributed by atoms with Crippen LogP contribution in [0.5, 0.6) is 5.75 Å². The molecule has 0 saturated carbocycles. The van der Waals surface area contributed by atoms with E-state index in [9.17, 15) is 4.79 Å². The summed E-state index contributed by atoms with van der Waals surface area (Å²) in [6, 6.07) is 11.3. The standard InChI is InChI=1S/C21H26N4O2/c1-3-10-24(11-4-2)20(26)15-27-19-9-6-12-25-14-18(23-21(19)25)16-7-5-8-17(22)13-16/h5-9,12-14H,3-4,10-11,15,22H2,1-2H3. The quantitative estimate of drug-likeness (QED) is 0.618. The highest BCUT2D eigenvalue weighted by molar-refractivity contribution is 5.78. The Bertz CT molecular complexity index is 913. The van der Waals surface area contributed by atoms with Gasteiger partial charge >= 0.3 is 0 Å². The van der Waals surface area contributed by atoms with E-state index in [-0.39, 0.29) is 12.5 Å². The molecule has 0 fully saturated rings. The van der Waals surface area contributed by atoms with Gasteiger partial charge in [-0.2, -0.15) is 0 Å². The summed E-state index contributed by atoms with van der Waals surface area (Å²) in [5.41, 5.74) is 9.00. The van der Waals surface area contributed by atoms with E-state index in [2.05, 4.69) is 18.8 Å². The van der Waals surface area contributed by atoms with Crippen molar-refractivity contribution in [3.63, 3.8) is 0 Å². The van der Waals surface area contributed by atoms with Crippen molar-refractivity contribution in [2.75, 3.05) is 25.4 Å². The Morgan fingerprint density at radius 1 is 1.19 bits per heavy atom. The molecule has 0 radical (unpaired) electrons. The van der Waals surface area contributed by atoms with Gasteiger partial charge in [0, 0.05) is 36.7 Å². The van der Waals surface area contributed by atoms with Crippen LogP contribution in [-0.4, -0.2) is 39.9 Å². The van der Waals surface area contributed by atoms with Gasteiger partial charge in [-0.3, -0.25) is 4.79 Å². The molecular weight excluding hydrogens is 340 g/mol. The molecule has 3 rings (SSSR count). The third kappa shape index (κ3) is 4.39. The summed E-state index contributed by atoms with van der Waals surface area (Å²) in [6.45, 7) is 5.66. The number of benzene rings is 1. The summed E-state index contributed by atoms with van der Waals surface area (Å²) in [5.74, 6) is 0.595. The Balaban J connectivity index is 1.80. The van der Waals surface area contributed by atoms with Gasteiger partial charge in [-0.25, -0.2) is 4.98 Å². The SMILES string of the molecule is CCCN(CCC)C(=O)COc1cccn2cc(-c3cccc(N)c3)nc12. The molecule has 0 unspecified atom stereocenters. The molecule has 0 aliphatic carbocycles. The van der Waals surface area contributed by atoms with Crippen molar-refractivity contribution >= 4 is 17.2 Å². The van der Waals surface area contributed by atoms with Crippen molar-refractivity contribution in [1.82, 2.24) is 14.3 Å². The summed E-state index contributed by atoms with van der Waals surface area (Å²) >= 11 is 0. The molecule has 1 amide bonds. The number of nitrogen functional groups attached to an aromatic ring is 1. The van der Waals surface area contributed by atoms with Crippen LogP contribution in [0.15, 0.2) is 48.8 Å². The predicted molar refractivity (Wildman–Crippen MR) is 108 cm³/mol. The maximum absolute atomic E-state index is 12.5. The van der Waals surface area contributed by atoms with Crippen LogP contribution in [0.4, 0.5) is 5.69 Å². The molecule has 2 heterocycles. The molecule has 6 nitrogen and oxygen atoms in total. The van der Waals surface area contributed by atoms with Crippen LogP contribution in [0, 0.1) is 0 Å². The number of fused-ring (bicyclic) bond motifs is 1. The number of rotatable bonds is 8. The third-order valence-corrected chi connectivity index (χ3v) is 4.32. The number of hydrogen-bond acceptors (Lipinski definition) is 4. The smallest absolute Gasteiger partial charge is 0.260 e. The Hall–Kier alpha value is -3.02. The molecule has 27 heavy (non-hydrogen) atoms. The first-order chi connectivity index (χ1) is 13.1. The van der Waals surface area contributed by atoms with Gasteiger partial charge in [-0.05, 0) is 37.1 Å². The zero-order valence-corrected chi connectivity index (χ0v) is 15.9. The minimum absolute atomic E-state index is 0.00307. The zero-order chi connectivity index (χ0) is 19.2. The number of aromatic nitrogens is 2. The molecule has 142 valence electrons. The van der Waals surface area contributed by atoms with Crippen molar-refractivity contribution in [2.45, 2.75) is 26.7 Å². The molecule has 0 saturated heterocycles. The van der Waals surface area contributed by atoms with E-state index >= 15 is 0 Å². The first-order valence-corrected chi connectivity index (χ1v) is 9.36. The van der Waals surface area contributed by atoms with Crippen LogP contribution in [0.25, 0.3) is 16.9 Å². The lowest BCUT2D eigenvalue weighted by atomic mass is 10.1. The summed E-state index contributed by atoms with van der Waals surface area (Å²) < 4.78 is 7.73. The first-order valence-electron chi connectivity index (χ1n) is 9.36. The van der Waals surface area contributed by atoms with Crippen LogP contribution >= 0.6 is 0 Å². The summed E-state index contributed by atoms with van der Waals surface area (Å²) in [7, 11) is 0. The van der Waals surface area contributed by atoms with E-state index < -0.39 is 0 Å². The average Bonchev–Trinajstić information content (AvgIpc) is 3.11. The average molecular weight is 366 g/mol. The molecule has 0 aliphatic rings. The largest absolute Gasteiger partial charge is 0.480 e. The van der Waals surface area contributed by atoms with Gasteiger partial charge in [0.05, 0.1) is 5.69 Å².